The molecule has 132 valence electrons. The Kier molecular flexibility index (Phi) is 4.78. The monoisotopic (exact) mass is 346 g/mol. The van der Waals surface area contributed by atoms with Crippen LogP contribution >= 0.6 is 0 Å². The van der Waals surface area contributed by atoms with E-state index in [1.54, 1.807) is 6.20 Å². The van der Waals surface area contributed by atoms with Crippen molar-refractivity contribution < 1.29 is 4.79 Å². The molecule has 3 heterocycles. The molecule has 0 atom stereocenters. The molecule has 0 unspecified atom stereocenters. The van der Waals surface area contributed by atoms with Crippen molar-refractivity contribution in [3.05, 3.63) is 66.2 Å². The minimum atomic E-state index is -0.00599. The molecular weight excluding hydrogens is 324 g/mol. The number of amides is 1. The second kappa shape index (κ2) is 7.52. The lowest BCUT2D eigenvalue weighted by atomic mass is 10.1. The topological polar surface area (TPSA) is 59.8 Å². The molecule has 0 saturated heterocycles. The van der Waals surface area contributed by atoms with Crippen LogP contribution in [0.4, 0.5) is 5.69 Å². The van der Waals surface area contributed by atoms with Crippen LogP contribution in [0, 0.1) is 0 Å². The van der Waals surface area contributed by atoms with E-state index in [0.29, 0.717) is 12.8 Å². The van der Waals surface area contributed by atoms with Crippen LogP contribution in [-0.2, 0) is 24.2 Å². The van der Waals surface area contributed by atoms with Crippen LogP contribution in [0.15, 0.2) is 54.9 Å². The van der Waals surface area contributed by atoms with Crippen LogP contribution < -0.4 is 5.32 Å². The number of hydrogen-bond donors (Lipinski definition) is 1. The molecule has 26 heavy (non-hydrogen) atoms. The Morgan fingerprint density at radius 1 is 1.08 bits per heavy atom. The Morgan fingerprint density at radius 3 is 2.85 bits per heavy atom. The fraction of sp³-hybridized carbons (Fsp3) is 0.286. The average Bonchev–Trinajstić information content (AvgIpc) is 3.12. The second-order valence-corrected chi connectivity index (χ2v) is 6.60. The van der Waals surface area contributed by atoms with Gasteiger partial charge in [-0.2, -0.15) is 0 Å². The molecule has 1 aromatic carbocycles. The maximum Gasteiger partial charge on any atom is 0.224 e. The van der Waals surface area contributed by atoms with Gasteiger partial charge in [0.25, 0.3) is 0 Å². The molecule has 0 fully saturated rings. The van der Waals surface area contributed by atoms with E-state index in [0.717, 1.165) is 35.7 Å². The molecule has 1 amide bonds. The molecule has 1 aliphatic heterocycles. The van der Waals surface area contributed by atoms with Gasteiger partial charge in [0.2, 0.25) is 5.91 Å². The molecular formula is C21H22N4O. The first-order valence-corrected chi connectivity index (χ1v) is 9.15. The van der Waals surface area contributed by atoms with Gasteiger partial charge in [-0.05, 0) is 49.9 Å². The van der Waals surface area contributed by atoms with Crippen LogP contribution in [0.3, 0.4) is 0 Å². The van der Waals surface area contributed by atoms with Crippen molar-refractivity contribution in [2.75, 3.05) is 5.32 Å². The summed E-state index contributed by atoms with van der Waals surface area (Å²) in [5.41, 5.74) is 4.00. The minimum absolute atomic E-state index is 0.00599. The number of benzene rings is 1. The molecule has 5 nitrogen and oxygen atoms in total. The standard InChI is InChI=1S/C21H22N4O/c26-20(12-11-16-7-3-5-13-22-16)24-19-10-2-1-9-18(19)21-23-15-17-8-4-6-14-25(17)21/h1-3,5,7,9-10,13,15H,4,6,8,11-12,14H2,(H,24,26). The minimum Gasteiger partial charge on any atom is -0.328 e. The predicted octanol–water partition coefficient (Wildman–Crippen LogP) is 3.85. The van der Waals surface area contributed by atoms with Crippen LogP contribution in [-0.4, -0.2) is 20.4 Å². The molecule has 0 aliphatic carbocycles. The van der Waals surface area contributed by atoms with E-state index in [1.165, 1.54) is 18.5 Å². The summed E-state index contributed by atoms with van der Waals surface area (Å²) in [5.74, 6) is 0.939. The third-order valence-corrected chi connectivity index (χ3v) is 4.78. The van der Waals surface area contributed by atoms with Gasteiger partial charge in [0.05, 0.1) is 5.69 Å². The number of imidazole rings is 1. The molecule has 4 rings (SSSR count). The summed E-state index contributed by atoms with van der Waals surface area (Å²) in [7, 11) is 0. The first-order valence-electron chi connectivity index (χ1n) is 9.15. The Balaban J connectivity index is 1.51. The first-order chi connectivity index (χ1) is 12.8. The second-order valence-electron chi connectivity index (χ2n) is 6.60. The number of nitrogens with zero attached hydrogens (tertiary/aromatic N) is 3. The van der Waals surface area contributed by atoms with Crippen molar-refractivity contribution in [3.8, 4) is 11.4 Å². The number of nitrogens with one attached hydrogen (secondary N) is 1. The SMILES string of the molecule is O=C(CCc1ccccn1)Nc1ccccc1-c1ncc2n1CCCC2. The highest BCUT2D eigenvalue weighted by Crippen LogP contribution is 2.30. The number of rotatable bonds is 5. The Bertz CT molecular complexity index is 901. The van der Waals surface area contributed by atoms with E-state index in [4.69, 9.17) is 0 Å². The zero-order valence-corrected chi connectivity index (χ0v) is 14.7. The van der Waals surface area contributed by atoms with Crippen LogP contribution in [0.25, 0.3) is 11.4 Å². The zero-order valence-electron chi connectivity index (χ0n) is 14.7. The van der Waals surface area contributed by atoms with Crippen LogP contribution in [0.5, 0.6) is 0 Å². The normalized spacial score (nSPS) is 13.2. The fourth-order valence-electron chi connectivity index (χ4n) is 3.44. The number of carbonyl (C=O) groups excluding carboxylic acids is 1. The molecule has 1 N–H and O–H groups in total. The van der Waals surface area contributed by atoms with Crippen molar-refractivity contribution in [1.82, 2.24) is 14.5 Å². The molecule has 3 aromatic rings. The summed E-state index contributed by atoms with van der Waals surface area (Å²) >= 11 is 0. The number of fused-ring (bicyclic) bond motifs is 1. The number of hydrogen-bond acceptors (Lipinski definition) is 3. The van der Waals surface area contributed by atoms with Crippen molar-refractivity contribution in [2.45, 2.75) is 38.6 Å². The van der Waals surface area contributed by atoms with E-state index in [9.17, 15) is 4.79 Å². The number of para-hydroxylation sites is 1. The third-order valence-electron chi connectivity index (χ3n) is 4.78. The predicted molar refractivity (Wildman–Crippen MR) is 102 cm³/mol. The van der Waals surface area contributed by atoms with Gasteiger partial charge in [-0.3, -0.25) is 9.78 Å². The Hall–Kier alpha value is -2.95. The maximum absolute atomic E-state index is 12.4. The van der Waals surface area contributed by atoms with Gasteiger partial charge in [0.1, 0.15) is 5.82 Å². The molecule has 5 heteroatoms. The highest BCUT2D eigenvalue weighted by molar-refractivity contribution is 5.94. The summed E-state index contributed by atoms with van der Waals surface area (Å²) in [4.78, 5) is 21.3. The van der Waals surface area contributed by atoms with Gasteiger partial charge in [0, 0.05) is 42.3 Å². The van der Waals surface area contributed by atoms with Crippen molar-refractivity contribution in [2.24, 2.45) is 0 Å². The first kappa shape index (κ1) is 16.5. The quantitative estimate of drug-likeness (QED) is 0.763. The number of pyridine rings is 1. The molecule has 1 aliphatic rings. The Morgan fingerprint density at radius 2 is 1.96 bits per heavy atom. The van der Waals surface area contributed by atoms with Gasteiger partial charge in [-0.25, -0.2) is 4.98 Å². The van der Waals surface area contributed by atoms with Crippen LogP contribution in [0.1, 0.15) is 30.7 Å². The van der Waals surface area contributed by atoms with Crippen molar-refractivity contribution in [1.29, 1.82) is 0 Å². The lowest BCUT2D eigenvalue weighted by Crippen LogP contribution is -2.15. The van der Waals surface area contributed by atoms with Crippen molar-refractivity contribution >= 4 is 11.6 Å². The van der Waals surface area contributed by atoms with Gasteiger partial charge >= 0.3 is 0 Å². The highest BCUT2D eigenvalue weighted by atomic mass is 16.1. The number of carbonyl (C=O) groups is 1. The fourth-order valence-corrected chi connectivity index (χ4v) is 3.44. The molecule has 0 spiro atoms. The van der Waals surface area contributed by atoms with Crippen molar-refractivity contribution in [3.63, 3.8) is 0 Å². The van der Waals surface area contributed by atoms with E-state index in [1.807, 2.05) is 48.7 Å². The van der Waals surface area contributed by atoms with E-state index >= 15 is 0 Å². The van der Waals surface area contributed by atoms with E-state index in [2.05, 4.69) is 19.9 Å². The molecule has 2 aromatic heterocycles. The van der Waals surface area contributed by atoms with E-state index in [-0.39, 0.29) is 5.91 Å². The lowest BCUT2D eigenvalue weighted by Gasteiger charge is -2.18. The average molecular weight is 346 g/mol. The largest absolute Gasteiger partial charge is 0.328 e. The van der Waals surface area contributed by atoms with Gasteiger partial charge in [-0.1, -0.05) is 18.2 Å². The van der Waals surface area contributed by atoms with Gasteiger partial charge in [-0.15, -0.1) is 0 Å². The number of aromatic nitrogens is 3. The maximum atomic E-state index is 12.4. The number of aryl methyl sites for hydroxylation is 2. The lowest BCUT2D eigenvalue weighted by molar-refractivity contribution is -0.116. The molecule has 0 saturated carbocycles. The summed E-state index contributed by atoms with van der Waals surface area (Å²) < 4.78 is 2.28. The van der Waals surface area contributed by atoms with Crippen LogP contribution in [0.2, 0.25) is 0 Å². The van der Waals surface area contributed by atoms with Gasteiger partial charge < -0.3 is 9.88 Å². The van der Waals surface area contributed by atoms with Gasteiger partial charge in [0.15, 0.2) is 0 Å². The Labute approximate surface area is 153 Å². The highest BCUT2D eigenvalue weighted by Gasteiger charge is 2.18. The number of anilines is 1. The molecule has 0 radical (unpaired) electrons. The zero-order chi connectivity index (χ0) is 17.8. The summed E-state index contributed by atoms with van der Waals surface area (Å²) in [6.45, 7) is 0.993. The summed E-state index contributed by atoms with van der Waals surface area (Å²) in [5, 5.41) is 3.06. The van der Waals surface area contributed by atoms with E-state index < -0.39 is 0 Å². The molecule has 0 bridgehead atoms. The smallest absolute Gasteiger partial charge is 0.224 e. The summed E-state index contributed by atoms with van der Waals surface area (Å²) in [6, 6.07) is 13.7. The summed E-state index contributed by atoms with van der Waals surface area (Å²) in [6.07, 6.45) is 8.23. The third kappa shape index (κ3) is 3.52.